The van der Waals surface area contributed by atoms with E-state index in [2.05, 4.69) is 9.97 Å². The van der Waals surface area contributed by atoms with Crippen LogP contribution in [0.4, 0.5) is 0 Å². The number of aromatic nitrogens is 2. The minimum Gasteiger partial charge on any atom is -0.406 e. The molecule has 62 valence electrons. The number of aryl methyl sites for hydroxylation is 1. The van der Waals surface area contributed by atoms with E-state index in [9.17, 15) is 4.79 Å². The van der Waals surface area contributed by atoms with Gasteiger partial charge in [-0.05, 0) is 12.5 Å². The molecule has 0 aliphatic rings. The van der Waals surface area contributed by atoms with Gasteiger partial charge < -0.3 is 4.42 Å². The molecule has 0 aliphatic heterocycles. The van der Waals surface area contributed by atoms with Crippen LogP contribution in [0.15, 0.2) is 21.5 Å². The number of hydrogen-bond acceptors (Lipinski definition) is 3. The first-order chi connectivity index (χ1) is 5.79. The molecule has 2 rings (SSSR count). The summed E-state index contributed by atoms with van der Waals surface area (Å²) in [4.78, 5) is 17.4. The lowest BCUT2D eigenvalue weighted by Crippen LogP contribution is -1.93. The highest BCUT2D eigenvalue weighted by atomic mass is 16.4. The largest absolute Gasteiger partial charge is 0.417 e. The van der Waals surface area contributed by atoms with Crippen molar-refractivity contribution in [2.45, 2.75) is 13.3 Å². The fourth-order valence-corrected chi connectivity index (χ4v) is 1.09. The second-order valence-electron chi connectivity index (χ2n) is 2.54. The van der Waals surface area contributed by atoms with Crippen LogP contribution in [0.5, 0.6) is 0 Å². The molecule has 0 fully saturated rings. The SMILES string of the molecule is CCc1cc2[nH]c(=O)oc2cn1. The summed E-state index contributed by atoms with van der Waals surface area (Å²) >= 11 is 0. The van der Waals surface area contributed by atoms with Gasteiger partial charge in [-0.25, -0.2) is 4.79 Å². The number of rotatable bonds is 1. The van der Waals surface area contributed by atoms with Crippen LogP contribution in [0, 0.1) is 0 Å². The molecule has 4 heteroatoms. The molecule has 4 nitrogen and oxygen atoms in total. The van der Waals surface area contributed by atoms with E-state index in [-0.39, 0.29) is 0 Å². The Kier molecular flexibility index (Phi) is 1.46. The third-order valence-corrected chi connectivity index (χ3v) is 1.73. The lowest BCUT2D eigenvalue weighted by molar-refractivity contribution is 0.554. The number of H-pyrrole nitrogens is 1. The number of oxazole rings is 1. The average molecular weight is 164 g/mol. The van der Waals surface area contributed by atoms with Crippen LogP contribution < -0.4 is 5.76 Å². The van der Waals surface area contributed by atoms with Crippen molar-refractivity contribution in [1.29, 1.82) is 0 Å². The van der Waals surface area contributed by atoms with Gasteiger partial charge in [0, 0.05) is 5.69 Å². The van der Waals surface area contributed by atoms with Crippen LogP contribution in [-0.4, -0.2) is 9.97 Å². The maximum absolute atomic E-state index is 10.7. The van der Waals surface area contributed by atoms with Gasteiger partial charge in [0.2, 0.25) is 0 Å². The first kappa shape index (κ1) is 7.09. The zero-order chi connectivity index (χ0) is 8.55. The highest BCUT2D eigenvalue weighted by Crippen LogP contribution is 2.08. The van der Waals surface area contributed by atoms with Crippen LogP contribution in [0.1, 0.15) is 12.6 Å². The van der Waals surface area contributed by atoms with Crippen molar-refractivity contribution >= 4 is 11.1 Å². The topological polar surface area (TPSA) is 58.9 Å². The molecular weight excluding hydrogens is 156 g/mol. The monoisotopic (exact) mass is 164 g/mol. The van der Waals surface area contributed by atoms with Gasteiger partial charge in [0.15, 0.2) is 5.58 Å². The third kappa shape index (κ3) is 1.01. The minimum absolute atomic E-state index is 0.431. The zero-order valence-corrected chi connectivity index (χ0v) is 6.63. The molecule has 0 bridgehead atoms. The van der Waals surface area contributed by atoms with Gasteiger partial charge in [-0.15, -0.1) is 0 Å². The van der Waals surface area contributed by atoms with E-state index in [0.29, 0.717) is 11.1 Å². The highest BCUT2D eigenvalue weighted by molar-refractivity contribution is 5.70. The van der Waals surface area contributed by atoms with E-state index < -0.39 is 5.76 Å². The number of nitrogens with one attached hydrogen (secondary N) is 1. The number of hydrogen-bond donors (Lipinski definition) is 1. The van der Waals surface area contributed by atoms with Gasteiger partial charge in [-0.1, -0.05) is 6.92 Å². The normalized spacial score (nSPS) is 10.8. The molecule has 0 spiro atoms. The first-order valence-electron chi connectivity index (χ1n) is 3.77. The van der Waals surface area contributed by atoms with Gasteiger partial charge in [0.05, 0.1) is 11.7 Å². The molecular formula is C8H8N2O2. The Balaban J connectivity index is 2.74. The van der Waals surface area contributed by atoms with Crippen molar-refractivity contribution in [3.8, 4) is 0 Å². The smallest absolute Gasteiger partial charge is 0.406 e. The van der Waals surface area contributed by atoms with Crippen LogP contribution in [0.2, 0.25) is 0 Å². The Hall–Kier alpha value is -1.58. The Morgan fingerprint density at radius 3 is 3.25 bits per heavy atom. The average Bonchev–Trinajstić information content (AvgIpc) is 2.43. The van der Waals surface area contributed by atoms with Gasteiger partial charge in [-0.2, -0.15) is 0 Å². The van der Waals surface area contributed by atoms with Gasteiger partial charge >= 0.3 is 5.76 Å². The lowest BCUT2D eigenvalue weighted by Gasteiger charge is -1.92. The maximum atomic E-state index is 10.7. The minimum atomic E-state index is -0.431. The van der Waals surface area contributed by atoms with E-state index in [1.54, 1.807) is 6.20 Å². The predicted molar refractivity (Wildman–Crippen MR) is 44.0 cm³/mol. The molecule has 0 saturated carbocycles. The Morgan fingerprint density at radius 2 is 2.50 bits per heavy atom. The standard InChI is InChI=1S/C8H8N2O2/c1-2-5-3-6-7(4-9-5)12-8(11)10-6/h3-4H,2H2,1H3,(H,10,11). The second-order valence-corrected chi connectivity index (χ2v) is 2.54. The molecule has 2 aromatic rings. The van der Waals surface area contributed by atoms with Crippen LogP contribution in [0.3, 0.4) is 0 Å². The molecule has 1 N–H and O–H groups in total. The van der Waals surface area contributed by atoms with Crippen molar-refractivity contribution in [3.63, 3.8) is 0 Å². The molecule has 0 aromatic carbocycles. The van der Waals surface area contributed by atoms with Crippen LogP contribution in [-0.2, 0) is 6.42 Å². The van der Waals surface area contributed by atoms with Crippen molar-refractivity contribution in [3.05, 3.63) is 28.5 Å². The zero-order valence-electron chi connectivity index (χ0n) is 6.63. The summed E-state index contributed by atoms with van der Waals surface area (Å²) in [5, 5.41) is 0. The van der Waals surface area contributed by atoms with E-state index in [4.69, 9.17) is 4.42 Å². The second kappa shape index (κ2) is 2.48. The van der Waals surface area contributed by atoms with Crippen molar-refractivity contribution in [2.75, 3.05) is 0 Å². The lowest BCUT2D eigenvalue weighted by atomic mass is 10.3. The van der Waals surface area contributed by atoms with E-state index in [0.717, 1.165) is 12.1 Å². The summed E-state index contributed by atoms with van der Waals surface area (Å²) in [6, 6.07) is 1.82. The number of nitrogens with zero attached hydrogens (tertiary/aromatic N) is 1. The Bertz CT molecular complexity index is 455. The number of pyridine rings is 1. The molecule has 0 atom stereocenters. The summed E-state index contributed by atoms with van der Waals surface area (Å²) in [7, 11) is 0. The van der Waals surface area contributed by atoms with E-state index in [1.807, 2.05) is 13.0 Å². The number of fused-ring (bicyclic) bond motifs is 1. The molecule has 0 amide bonds. The van der Waals surface area contributed by atoms with Crippen LogP contribution in [0.25, 0.3) is 11.1 Å². The predicted octanol–water partition coefficient (Wildman–Crippen LogP) is 1.08. The summed E-state index contributed by atoms with van der Waals surface area (Å²) in [5.41, 5.74) is 2.17. The molecule has 12 heavy (non-hydrogen) atoms. The first-order valence-corrected chi connectivity index (χ1v) is 3.77. The Morgan fingerprint density at radius 1 is 1.67 bits per heavy atom. The molecule has 0 unspecified atom stereocenters. The summed E-state index contributed by atoms with van der Waals surface area (Å²) in [6.07, 6.45) is 2.41. The van der Waals surface area contributed by atoms with Gasteiger partial charge in [-0.3, -0.25) is 9.97 Å². The van der Waals surface area contributed by atoms with Crippen molar-refractivity contribution in [2.24, 2.45) is 0 Å². The van der Waals surface area contributed by atoms with E-state index in [1.165, 1.54) is 0 Å². The fourth-order valence-electron chi connectivity index (χ4n) is 1.09. The number of aromatic amines is 1. The fraction of sp³-hybridized carbons (Fsp3) is 0.250. The molecule has 0 radical (unpaired) electrons. The summed E-state index contributed by atoms with van der Waals surface area (Å²) in [5.74, 6) is -0.431. The van der Waals surface area contributed by atoms with Crippen molar-refractivity contribution < 1.29 is 4.42 Å². The molecule has 0 aliphatic carbocycles. The molecule has 2 heterocycles. The highest BCUT2D eigenvalue weighted by Gasteiger charge is 2.00. The van der Waals surface area contributed by atoms with E-state index >= 15 is 0 Å². The van der Waals surface area contributed by atoms with Gasteiger partial charge in [0.25, 0.3) is 0 Å². The van der Waals surface area contributed by atoms with Crippen LogP contribution >= 0.6 is 0 Å². The summed E-state index contributed by atoms with van der Waals surface area (Å²) < 4.78 is 4.79. The Labute approximate surface area is 68.2 Å². The van der Waals surface area contributed by atoms with Gasteiger partial charge in [0.1, 0.15) is 0 Å². The summed E-state index contributed by atoms with van der Waals surface area (Å²) in [6.45, 7) is 2.01. The molecule has 0 saturated heterocycles. The molecule has 2 aromatic heterocycles. The quantitative estimate of drug-likeness (QED) is 0.686. The maximum Gasteiger partial charge on any atom is 0.417 e. The third-order valence-electron chi connectivity index (χ3n) is 1.73. The van der Waals surface area contributed by atoms with Crippen molar-refractivity contribution in [1.82, 2.24) is 9.97 Å².